The maximum Gasteiger partial charge on any atom is 0.251 e. The zero-order chi connectivity index (χ0) is 23.4. The minimum Gasteiger partial charge on any atom is -0.385 e. The van der Waals surface area contributed by atoms with Crippen molar-refractivity contribution in [2.45, 2.75) is 55.2 Å². The van der Waals surface area contributed by atoms with Crippen LogP contribution in [0.3, 0.4) is 0 Å². The van der Waals surface area contributed by atoms with Crippen molar-refractivity contribution in [1.29, 1.82) is 0 Å². The van der Waals surface area contributed by atoms with Crippen molar-refractivity contribution in [3.05, 3.63) is 65.2 Å². The molecule has 0 radical (unpaired) electrons. The van der Waals surface area contributed by atoms with Crippen molar-refractivity contribution in [2.75, 3.05) is 25.9 Å². The van der Waals surface area contributed by atoms with Gasteiger partial charge in [0, 0.05) is 29.6 Å². The quantitative estimate of drug-likeness (QED) is 0.545. The summed E-state index contributed by atoms with van der Waals surface area (Å²) >= 11 is 1.70. The van der Waals surface area contributed by atoms with Crippen molar-refractivity contribution in [3.63, 3.8) is 0 Å². The van der Waals surface area contributed by atoms with Gasteiger partial charge in [0.2, 0.25) is 5.91 Å². The lowest BCUT2D eigenvalue weighted by Gasteiger charge is -2.48. The minimum absolute atomic E-state index is 0.0190. The van der Waals surface area contributed by atoms with Gasteiger partial charge >= 0.3 is 0 Å². The first kappa shape index (κ1) is 23.8. The second kappa shape index (κ2) is 10.3. The van der Waals surface area contributed by atoms with Gasteiger partial charge in [0.05, 0.1) is 18.2 Å². The van der Waals surface area contributed by atoms with Crippen molar-refractivity contribution in [3.8, 4) is 0 Å². The fourth-order valence-corrected chi connectivity index (χ4v) is 5.34. The summed E-state index contributed by atoms with van der Waals surface area (Å²) in [6.45, 7) is 3.56. The van der Waals surface area contributed by atoms with Gasteiger partial charge in [0.1, 0.15) is 0 Å². The zero-order valence-electron chi connectivity index (χ0n) is 19.3. The van der Waals surface area contributed by atoms with E-state index in [0.29, 0.717) is 11.6 Å². The van der Waals surface area contributed by atoms with Crippen LogP contribution in [-0.4, -0.2) is 59.8 Å². The lowest BCUT2D eigenvalue weighted by atomic mass is 9.76. The molecule has 2 amide bonds. The van der Waals surface area contributed by atoms with E-state index in [4.69, 9.17) is 0 Å². The minimum atomic E-state index is -0.740. The van der Waals surface area contributed by atoms with Crippen LogP contribution in [0, 0.1) is 6.92 Å². The van der Waals surface area contributed by atoms with E-state index in [1.165, 1.54) is 4.90 Å². The Morgan fingerprint density at radius 1 is 1.12 bits per heavy atom. The number of aryl methyl sites for hydroxylation is 1. The fourth-order valence-electron chi connectivity index (χ4n) is 4.88. The Hall–Kier alpha value is -2.35. The summed E-state index contributed by atoms with van der Waals surface area (Å²) in [5.74, 6) is -0.394. The zero-order valence-corrected chi connectivity index (χ0v) is 20.2. The van der Waals surface area contributed by atoms with Crippen LogP contribution in [-0.2, 0) is 10.4 Å². The SMILES string of the molecule is CSc1cccc([C@]2(O)CC[C@H](N3CC(NC(=O)CNC(=O)c4cccc(C)c4)C3)CC2)c1. The molecule has 2 aliphatic rings. The molecule has 1 heterocycles. The van der Waals surface area contributed by atoms with Crippen molar-refractivity contribution >= 4 is 23.6 Å². The lowest BCUT2D eigenvalue weighted by molar-refractivity contribution is -0.122. The molecule has 0 spiro atoms. The van der Waals surface area contributed by atoms with Gasteiger partial charge in [-0.3, -0.25) is 14.5 Å². The molecule has 2 aromatic rings. The normalized spacial score (nSPS) is 23.5. The standard InChI is InChI=1S/C26H33N3O3S/c1-18-5-3-6-19(13-18)25(31)27-15-24(30)28-21-16-29(17-21)22-9-11-26(32,12-10-22)20-7-4-8-23(14-20)33-2/h3-8,13-14,21-22,32H,9-12,15-17H2,1-2H3,(H,27,31)(H,28,30)/t22-,26-. The molecule has 1 aliphatic carbocycles. The number of benzene rings is 2. The predicted molar refractivity (Wildman–Crippen MR) is 131 cm³/mol. The number of amides is 2. The van der Waals surface area contributed by atoms with Gasteiger partial charge in [0.15, 0.2) is 0 Å². The lowest BCUT2D eigenvalue weighted by Crippen LogP contribution is -2.63. The average Bonchev–Trinajstić information content (AvgIpc) is 2.80. The van der Waals surface area contributed by atoms with E-state index in [9.17, 15) is 14.7 Å². The van der Waals surface area contributed by atoms with Crippen LogP contribution < -0.4 is 10.6 Å². The number of nitrogens with one attached hydrogen (secondary N) is 2. The summed E-state index contributed by atoms with van der Waals surface area (Å²) in [5, 5.41) is 16.9. The van der Waals surface area contributed by atoms with Crippen LogP contribution in [0.15, 0.2) is 53.4 Å². The van der Waals surface area contributed by atoms with Gasteiger partial charge in [-0.15, -0.1) is 11.8 Å². The third-order valence-corrected chi connectivity index (χ3v) is 7.60. The molecule has 2 fully saturated rings. The highest BCUT2D eigenvalue weighted by Gasteiger charge is 2.40. The summed E-state index contributed by atoms with van der Waals surface area (Å²) in [6, 6.07) is 16.1. The molecule has 0 unspecified atom stereocenters. The molecule has 6 nitrogen and oxygen atoms in total. The Morgan fingerprint density at radius 3 is 2.55 bits per heavy atom. The molecule has 7 heteroatoms. The molecule has 1 aliphatic heterocycles. The maximum atomic E-state index is 12.2. The van der Waals surface area contributed by atoms with Gasteiger partial charge in [-0.1, -0.05) is 29.8 Å². The molecule has 33 heavy (non-hydrogen) atoms. The van der Waals surface area contributed by atoms with Crippen molar-refractivity contribution in [2.24, 2.45) is 0 Å². The van der Waals surface area contributed by atoms with Crippen molar-refractivity contribution < 1.29 is 14.7 Å². The summed E-state index contributed by atoms with van der Waals surface area (Å²) in [7, 11) is 0. The molecule has 4 rings (SSSR count). The Bertz CT molecular complexity index is 998. The van der Waals surface area contributed by atoms with Crippen LogP contribution in [0.25, 0.3) is 0 Å². The Kier molecular flexibility index (Phi) is 7.41. The molecule has 0 bridgehead atoms. The van der Waals surface area contributed by atoms with Crippen LogP contribution in [0.4, 0.5) is 0 Å². The van der Waals surface area contributed by atoms with E-state index >= 15 is 0 Å². The van der Waals surface area contributed by atoms with Crippen molar-refractivity contribution in [1.82, 2.24) is 15.5 Å². The number of aliphatic hydroxyl groups is 1. The van der Waals surface area contributed by atoms with E-state index in [2.05, 4.69) is 33.9 Å². The van der Waals surface area contributed by atoms with Gasteiger partial charge in [-0.2, -0.15) is 0 Å². The van der Waals surface area contributed by atoms with E-state index in [-0.39, 0.29) is 24.4 Å². The van der Waals surface area contributed by atoms with Gasteiger partial charge in [-0.05, 0) is 68.7 Å². The van der Waals surface area contributed by atoms with E-state index in [1.807, 2.05) is 37.3 Å². The van der Waals surface area contributed by atoms with E-state index in [0.717, 1.165) is 49.9 Å². The number of carbonyl (C=O) groups excluding carboxylic acids is 2. The molecule has 2 aromatic carbocycles. The molecule has 1 saturated carbocycles. The van der Waals surface area contributed by atoms with Crippen LogP contribution >= 0.6 is 11.8 Å². The number of carbonyl (C=O) groups is 2. The van der Waals surface area contributed by atoms with Gasteiger partial charge < -0.3 is 15.7 Å². The summed E-state index contributed by atoms with van der Waals surface area (Å²) < 4.78 is 0. The largest absolute Gasteiger partial charge is 0.385 e. The fraction of sp³-hybridized carbons (Fsp3) is 0.462. The first-order valence-electron chi connectivity index (χ1n) is 11.6. The number of nitrogens with zero attached hydrogens (tertiary/aromatic N) is 1. The summed E-state index contributed by atoms with van der Waals surface area (Å²) in [6.07, 6.45) is 5.47. The number of thioether (sulfide) groups is 1. The third kappa shape index (κ3) is 5.78. The maximum absolute atomic E-state index is 12.2. The molecule has 0 atom stereocenters. The third-order valence-electron chi connectivity index (χ3n) is 6.87. The van der Waals surface area contributed by atoms with Gasteiger partial charge in [-0.25, -0.2) is 0 Å². The Morgan fingerprint density at radius 2 is 1.85 bits per heavy atom. The molecular formula is C26H33N3O3S. The van der Waals surface area contributed by atoms with E-state index in [1.54, 1.807) is 17.8 Å². The second-order valence-corrected chi connectivity index (χ2v) is 10.1. The molecule has 0 aromatic heterocycles. The van der Waals surface area contributed by atoms with Crippen LogP contribution in [0.1, 0.15) is 47.2 Å². The summed E-state index contributed by atoms with van der Waals surface area (Å²) in [4.78, 5) is 28.0. The monoisotopic (exact) mass is 467 g/mol. The number of likely N-dealkylation sites (tertiary alicyclic amines) is 1. The number of rotatable bonds is 7. The first-order valence-corrected chi connectivity index (χ1v) is 12.8. The molecule has 1 saturated heterocycles. The molecule has 3 N–H and O–H groups in total. The number of hydrogen-bond acceptors (Lipinski definition) is 5. The highest BCUT2D eigenvalue weighted by molar-refractivity contribution is 7.98. The molecule has 176 valence electrons. The Labute approximate surface area is 200 Å². The van der Waals surface area contributed by atoms with Gasteiger partial charge in [0.25, 0.3) is 5.91 Å². The first-order chi connectivity index (χ1) is 15.9. The highest BCUT2D eigenvalue weighted by Crippen LogP contribution is 2.40. The average molecular weight is 468 g/mol. The Balaban J connectivity index is 1.18. The second-order valence-electron chi connectivity index (χ2n) is 9.27. The summed E-state index contributed by atoms with van der Waals surface area (Å²) in [5.41, 5.74) is 1.86. The topological polar surface area (TPSA) is 81.7 Å². The molecular weight excluding hydrogens is 434 g/mol. The van der Waals surface area contributed by atoms with E-state index < -0.39 is 5.60 Å². The predicted octanol–water partition coefficient (Wildman–Crippen LogP) is 3.08. The van der Waals surface area contributed by atoms with Crippen LogP contribution in [0.2, 0.25) is 0 Å². The smallest absolute Gasteiger partial charge is 0.251 e. The highest BCUT2D eigenvalue weighted by atomic mass is 32.2. The number of hydrogen-bond donors (Lipinski definition) is 3. The van der Waals surface area contributed by atoms with Crippen LogP contribution in [0.5, 0.6) is 0 Å².